The van der Waals surface area contributed by atoms with E-state index in [0.29, 0.717) is 0 Å². The molecule has 13 heavy (non-hydrogen) atoms. The van der Waals surface area contributed by atoms with E-state index in [0.717, 1.165) is 6.07 Å². The third-order valence-corrected chi connectivity index (χ3v) is 1.72. The van der Waals surface area contributed by atoms with Gasteiger partial charge in [0.05, 0.1) is 6.07 Å². The Morgan fingerprint density at radius 3 is 2.69 bits per heavy atom. The first-order chi connectivity index (χ1) is 6.16. The molecule has 0 spiro atoms. The number of nitrogens with two attached hydrogens (primary N) is 1. The van der Waals surface area contributed by atoms with Crippen LogP contribution in [0.15, 0.2) is 12.1 Å². The summed E-state index contributed by atoms with van der Waals surface area (Å²) in [4.78, 5) is 0. The summed E-state index contributed by atoms with van der Waals surface area (Å²) in [7, 11) is 0. The van der Waals surface area contributed by atoms with Gasteiger partial charge in [-0.2, -0.15) is 5.26 Å². The van der Waals surface area contributed by atoms with Gasteiger partial charge in [0.2, 0.25) is 0 Å². The maximum Gasteiger partial charge on any atom is 0.164 e. The molecule has 0 aliphatic heterocycles. The lowest BCUT2D eigenvalue weighted by molar-refractivity contribution is 0.500. The molecule has 0 aliphatic carbocycles. The Bertz CT molecular complexity index is 355. The molecule has 2 nitrogen and oxygen atoms in total. The summed E-state index contributed by atoms with van der Waals surface area (Å²) in [6, 6.07) is 4.11. The van der Waals surface area contributed by atoms with Gasteiger partial charge in [-0.15, -0.1) is 0 Å². The van der Waals surface area contributed by atoms with Crippen molar-refractivity contribution < 1.29 is 8.78 Å². The van der Waals surface area contributed by atoms with Gasteiger partial charge in [-0.05, 0) is 18.6 Å². The van der Waals surface area contributed by atoms with Crippen LogP contribution in [0.4, 0.5) is 14.5 Å². The quantitative estimate of drug-likeness (QED) is 0.711. The molecule has 0 bridgehead atoms. The van der Waals surface area contributed by atoms with Crippen LogP contribution in [-0.2, 0) is 6.42 Å². The molecule has 1 aromatic rings. The van der Waals surface area contributed by atoms with Gasteiger partial charge in [-0.1, -0.05) is 0 Å². The van der Waals surface area contributed by atoms with E-state index < -0.39 is 11.6 Å². The number of hydrogen-bond donors (Lipinski definition) is 1. The Morgan fingerprint density at radius 2 is 2.08 bits per heavy atom. The molecule has 0 unspecified atom stereocenters. The molecular formula is C9H8F2N2. The Kier molecular flexibility index (Phi) is 2.80. The van der Waals surface area contributed by atoms with Crippen LogP contribution in [0.25, 0.3) is 0 Å². The zero-order valence-electron chi connectivity index (χ0n) is 6.85. The molecule has 68 valence electrons. The van der Waals surface area contributed by atoms with E-state index in [1.807, 2.05) is 6.07 Å². The molecule has 1 rings (SSSR count). The van der Waals surface area contributed by atoms with Crippen molar-refractivity contribution in [1.29, 1.82) is 5.26 Å². The number of anilines is 1. The van der Waals surface area contributed by atoms with Gasteiger partial charge in [0.15, 0.2) is 11.6 Å². The van der Waals surface area contributed by atoms with Crippen LogP contribution in [0.3, 0.4) is 0 Å². The zero-order valence-corrected chi connectivity index (χ0v) is 6.85. The number of nitrogens with zero attached hydrogens (tertiary/aromatic N) is 1. The van der Waals surface area contributed by atoms with Crippen LogP contribution in [0.1, 0.15) is 12.0 Å². The van der Waals surface area contributed by atoms with Crippen LogP contribution in [-0.4, -0.2) is 0 Å². The summed E-state index contributed by atoms with van der Waals surface area (Å²) in [6.45, 7) is 0. The summed E-state index contributed by atoms with van der Waals surface area (Å²) < 4.78 is 25.7. The lowest BCUT2D eigenvalue weighted by Gasteiger charge is -2.04. The highest BCUT2D eigenvalue weighted by atomic mass is 19.2. The second-order valence-corrected chi connectivity index (χ2v) is 2.59. The number of halogens is 2. The maximum absolute atomic E-state index is 13.0. The molecule has 0 fully saturated rings. The van der Waals surface area contributed by atoms with Crippen molar-refractivity contribution in [3.63, 3.8) is 0 Å². The van der Waals surface area contributed by atoms with E-state index in [-0.39, 0.29) is 24.1 Å². The smallest absolute Gasteiger partial charge is 0.164 e. The molecule has 0 radical (unpaired) electrons. The second kappa shape index (κ2) is 3.85. The lowest BCUT2D eigenvalue weighted by Crippen LogP contribution is -2.00. The van der Waals surface area contributed by atoms with Crippen LogP contribution in [0, 0.1) is 23.0 Å². The SMILES string of the molecule is N#CCCc1c(N)ccc(F)c1F. The molecule has 0 saturated carbocycles. The van der Waals surface area contributed by atoms with Gasteiger partial charge in [0.1, 0.15) is 0 Å². The molecule has 0 aromatic heterocycles. The van der Waals surface area contributed by atoms with Crippen LogP contribution in [0.2, 0.25) is 0 Å². The summed E-state index contributed by atoms with van der Waals surface area (Å²) in [5.74, 6) is -1.88. The van der Waals surface area contributed by atoms with Crippen molar-refractivity contribution in [2.75, 3.05) is 5.73 Å². The van der Waals surface area contributed by atoms with Gasteiger partial charge in [0, 0.05) is 17.7 Å². The molecular weight excluding hydrogens is 174 g/mol. The fourth-order valence-corrected chi connectivity index (χ4v) is 1.04. The highest BCUT2D eigenvalue weighted by Gasteiger charge is 2.10. The molecule has 1 aromatic carbocycles. The van der Waals surface area contributed by atoms with E-state index in [2.05, 4.69) is 0 Å². The Balaban J connectivity index is 3.04. The predicted molar refractivity (Wildman–Crippen MR) is 44.7 cm³/mol. The van der Waals surface area contributed by atoms with E-state index in [1.165, 1.54) is 6.07 Å². The molecule has 0 heterocycles. The van der Waals surface area contributed by atoms with Crippen molar-refractivity contribution in [3.8, 4) is 6.07 Å². The zero-order chi connectivity index (χ0) is 9.84. The van der Waals surface area contributed by atoms with Crippen molar-refractivity contribution >= 4 is 5.69 Å². The van der Waals surface area contributed by atoms with E-state index in [4.69, 9.17) is 11.0 Å². The monoisotopic (exact) mass is 182 g/mol. The average Bonchev–Trinajstić information content (AvgIpc) is 2.12. The molecule has 0 saturated heterocycles. The van der Waals surface area contributed by atoms with Gasteiger partial charge >= 0.3 is 0 Å². The number of hydrogen-bond acceptors (Lipinski definition) is 2. The van der Waals surface area contributed by atoms with Gasteiger partial charge in [-0.3, -0.25) is 0 Å². The highest BCUT2D eigenvalue weighted by molar-refractivity contribution is 5.47. The van der Waals surface area contributed by atoms with Crippen LogP contribution in [0.5, 0.6) is 0 Å². The summed E-state index contributed by atoms with van der Waals surface area (Å²) in [5, 5.41) is 8.27. The molecule has 4 heteroatoms. The summed E-state index contributed by atoms with van der Waals surface area (Å²) in [5.41, 5.74) is 5.69. The fraction of sp³-hybridized carbons (Fsp3) is 0.222. The minimum atomic E-state index is -0.949. The second-order valence-electron chi connectivity index (χ2n) is 2.59. The minimum absolute atomic E-state index is 0.0848. The Hall–Kier alpha value is -1.63. The number of nitriles is 1. The first-order valence-corrected chi connectivity index (χ1v) is 3.76. The van der Waals surface area contributed by atoms with E-state index in [9.17, 15) is 8.78 Å². The molecule has 0 aliphatic rings. The normalized spacial score (nSPS) is 9.62. The summed E-state index contributed by atoms with van der Waals surface area (Å²) in [6.07, 6.45) is 0.274. The molecule has 0 atom stereocenters. The van der Waals surface area contributed by atoms with Gasteiger partial charge < -0.3 is 5.73 Å². The van der Waals surface area contributed by atoms with Crippen molar-refractivity contribution in [1.82, 2.24) is 0 Å². The third kappa shape index (κ3) is 1.94. The predicted octanol–water partition coefficient (Wildman–Crippen LogP) is 2.00. The largest absolute Gasteiger partial charge is 0.398 e. The molecule has 0 amide bonds. The number of benzene rings is 1. The Labute approximate surface area is 74.6 Å². The van der Waals surface area contributed by atoms with Crippen molar-refractivity contribution in [2.45, 2.75) is 12.8 Å². The first kappa shape index (κ1) is 9.46. The van der Waals surface area contributed by atoms with Crippen molar-refractivity contribution in [2.24, 2.45) is 0 Å². The fourth-order valence-electron chi connectivity index (χ4n) is 1.04. The third-order valence-electron chi connectivity index (χ3n) is 1.72. The number of nitrogen functional groups attached to an aromatic ring is 1. The van der Waals surface area contributed by atoms with Crippen molar-refractivity contribution in [3.05, 3.63) is 29.3 Å². The average molecular weight is 182 g/mol. The van der Waals surface area contributed by atoms with Crippen LogP contribution >= 0.6 is 0 Å². The minimum Gasteiger partial charge on any atom is -0.398 e. The number of rotatable bonds is 2. The summed E-state index contributed by atoms with van der Waals surface area (Å²) >= 11 is 0. The van der Waals surface area contributed by atoms with Gasteiger partial charge in [-0.25, -0.2) is 8.78 Å². The van der Waals surface area contributed by atoms with Gasteiger partial charge in [0.25, 0.3) is 0 Å². The lowest BCUT2D eigenvalue weighted by atomic mass is 10.1. The standard InChI is InChI=1S/C9H8F2N2/c10-7-3-4-8(13)6(9(7)11)2-1-5-12/h3-4H,1-2,13H2. The molecule has 2 N–H and O–H groups in total. The maximum atomic E-state index is 13.0. The van der Waals surface area contributed by atoms with Crippen LogP contribution < -0.4 is 5.73 Å². The van der Waals surface area contributed by atoms with E-state index >= 15 is 0 Å². The Morgan fingerprint density at radius 1 is 1.38 bits per heavy atom. The van der Waals surface area contributed by atoms with E-state index in [1.54, 1.807) is 0 Å². The topological polar surface area (TPSA) is 49.8 Å². The first-order valence-electron chi connectivity index (χ1n) is 3.76. The highest BCUT2D eigenvalue weighted by Crippen LogP contribution is 2.19.